The summed E-state index contributed by atoms with van der Waals surface area (Å²) in [5.74, 6) is 1.44. The fraction of sp³-hybridized carbons (Fsp3) is 0.320. The van der Waals surface area contributed by atoms with Gasteiger partial charge in [0.05, 0.1) is 42.4 Å². The molecule has 0 unspecified atom stereocenters. The molecule has 0 saturated heterocycles. The fourth-order valence-corrected chi connectivity index (χ4v) is 5.41. The van der Waals surface area contributed by atoms with E-state index in [0.717, 1.165) is 63.2 Å². The van der Waals surface area contributed by atoms with Crippen molar-refractivity contribution in [3.05, 3.63) is 63.4 Å². The molecule has 0 fully saturated rings. The highest BCUT2D eigenvalue weighted by atomic mass is 35.5. The van der Waals surface area contributed by atoms with Crippen LogP contribution in [0.3, 0.4) is 0 Å². The second kappa shape index (κ2) is 9.37. The van der Waals surface area contributed by atoms with Crippen molar-refractivity contribution in [2.75, 3.05) is 20.7 Å². The van der Waals surface area contributed by atoms with Gasteiger partial charge >= 0.3 is 5.97 Å². The van der Waals surface area contributed by atoms with Crippen LogP contribution in [0.25, 0.3) is 21.6 Å². The quantitative estimate of drug-likeness (QED) is 0.355. The zero-order chi connectivity index (χ0) is 23.8. The van der Waals surface area contributed by atoms with E-state index in [4.69, 9.17) is 26.1 Å². The summed E-state index contributed by atoms with van der Waals surface area (Å²) in [4.78, 5) is 25.1. The number of hydrogen-bond acceptors (Lipinski definition) is 7. The van der Waals surface area contributed by atoms with Gasteiger partial charge in [-0.15, -0.1) is 11.3 Å². The lowest BCUT2D eigenvalue weighted by Gasteiger charge is -2.23. The molecule has 176 valence electrons. The average Bonchev–Trinajstić information content (AvgIpc) is 3.36. The largest absolute Gasteiger partial charge is 0.496 e. The average molecular weight is 497 g/mol. The summed E-state index contributed by atoms with van der Waals surface area (Å²) in [5, 5.41) is 1.38. The molecule has 0 atom stereocenters. The van der Waals surface area contributed by atoms with Crippen molar-refractivity contribution >= 4 is 39.9 Å². The molecular weight excluding hydrogens is 472 g/mol. The number of fused-ring (bicyclic) bond motifs is 3. The van der Waals surface area contributed by atoms with Crippen LogP contribution in [0.2, 0.25) is 5.02 Å². The zero-order valence-corrected chi connectivity index (χ0v) is 20.9. The van der Waals surface area contributed by atoms with E-state index in [0.29, 0.717) is 10.8 Å². The lowest BCUT2D eigenvalue weighted by molar-refractivity contribution is -0.144. The topological polar surface area (TPSA) is 69.5 Å². The van der Waals surface area contributed by atoms with Crippen molar-refractivity contribution in [3.63, 3.8) is 0 Å². The molecule has 0 saturated carbocycles. The smallest absolute Gasteiger partial charge is 0.311 e. The maximum atomic E-state index is 12.6. The first-order valence-electron chi connectivity index (χ1n) is 11.0. The predicted octanol–water partition coefficient (Wildman–Crippen LogP) is 4.86. The van der Waals surface area contributed by atoms with Gasteiger partial charge in [-0.1, -0.05) is 17.7 Å². The van der Waals surface area contributed by atoms with Crippen molar-refractivity contribution in [2.45, 2.75) is 33.0 Å². The van der Waals surface area contributed by atoms with Crippen molar-refractivity contribution in [1.29, 1.82) is 0 Å². The third kappa shape index (κ3) is 4.53. The van der Waals surface area contributed by atoms with E-state index >= 15 is 0 Å². The number of imidazole rings is 1. The Labute approximate surface area is 206 Å². The van der Waals surface area contributed by atoms with E-state index < -0.39 is 0 Å². The van der Waals surface area contributed by atoms with Crippen LogP contribution in [-0.4, -0.2) is 46.1 Å². The van der Waals surface area contributed by atoms with Gasteiger partial charge in [0.1, 0.15) is 23.2 Å². The number of likely N-dealkylation sites (N-methyl/N-ethyl adjacent to an activating group) is 1. The molecule has 3 heterocycles. The summed E-state index contributed by atoms with van der Waals surface area (Å²) in [6, 6.07) is 11.5. The number of thiazole rings is 1. The molecular formula is C25H25ClN4O3S. The second-order valence-electron chi connectivity index (χ2n) is 8.45. The summed E-state index contributed by atoms with van der Waals surface area (Å²) in [6.07, 6.45) is 0.173. The Kier molecular flexibility index (Phi) is 6.29. The molecule has 5 rings (SSSR count). The molecule has 0 aliphatic carbocycles. The van der Waals surface area contributed by atoms with Crippen molar-refractivity contribution in [2.24, 2.45) is 0 Å². The Morgan fingerprint density at radius 1 is 1.18 bits per heavy atom. The Bertz CT molecular complexity index is 1380. The monoisotopic (exact) mass is 496 g/mol. The van der Waals surface area contributed by atoms with Crippen LogP contribution in [0, 0.1) is 6.92 Å². The normalized spacial score (nSPS) is 13.8. The number of carbonyl (C=O) groups is 1. The molecule has 0 spiro atoms. The maximum Gasteiger partial charge on any atom is 0.311 e. The van der Waals surface area contributed by atoms with Gasteiger partial charge in [0.15, 0.2) is 0 Å². The van der Waals surface area contributed by atoms with E-state index in [1.807, 2.05) is 25.1 Å². The molecule has 9 heteroatoms. The van der Waals surface area contributed by atoms with E-state index in [-0.39, 0.29) is 19.0 Å². The lowest BCUT2D eigenvalue weighted by atomic mass is 10.2. The van der Waals surface area contributed by atoms with Crippen LogP contribution in [0.1, 0.15) is 22.0 Å². The predicted molar refractivity (Wildman–Crippen MR) is 133 cm³/mol. The number of esters is 1. The number of hydrogen-bond donors (Lipinski definition) is 0. The molecule has 4 aromatic rings. The highest BCUT2D eigenvalue weighted by molar-refractivity contribution is 7.15. The van der Waals surface area contributed by atoms with Gasteiger partial charge in [0.25, 0.3) is 0 Å². The minimum absolute atomic E-state index is 0.173. The SMILES string of the molecule is COc1cc(Cl)ccc1-c1nc(C)c(CC(=O)OCc2ccc3c(c2)nc2n3CCN(C)C2)s1. The van der Waals surface area contributed by atoms with Crippen molar-refractivity contribution < 1.29 is 14.3 Å². The van der Waals surface area contributed by atoms with E-state index in [1.165, 1.54) is 11.3 Å². The molecule has 0 N–H and O–H groups in total. The van der Waals surface area contributed by atoms with Crippen LogP contribution in [-0.2, 0) is 35.6 Å². The Hall–Kier alpha value is -2.94. The van der Waals surface area contributed by atoms with Crippen LogP contribution < -0.4 is 4.74 Å². The third-order valence-corrected chi connectivity index (χ3v) is 7.43. The molecule has 1 aliphatic rings. The number of benzene rings is 2. The highest BCUT2D eigenvalue weighted by Gasteiger charge is 2.19. The maximum absolute atomic E-state index is 12.6. The number of aryl methyl sites for hydroxylation is 1. The van der Waals surface area contributed by atoms with Crippen LogP contribution in [0.4, 0.5) is 0 Å². The number of aromatic nitrogens is 3. The summed E-state index contributed by atoms with van der Waals surface area (Å²) < 4.78 is 13.3. The van der Waals surface area contributed by atoms with Crippen LogP contribution >= 0.6 is 22.9 Å². The Morgan fingerprint density at radius 3 is 2.85 bits per heavy atom. The number of rotatable bonds is 6. The molecule has 34 heavy (non-hydrogen) atoms. The van der Waals surface area contributed by atoms with Gasteiger partial charge in [0.2, 0.25) is 0 Å². The molecule has 0 radical (unpaired) electrons. The molecule has 1 aliphatic heterocycles. The second-order valence-corrected chi connectivity index (χ2v) is 9.97. The minimum Gasteiger partial charge on any atom is -0.496 e. The Balaban J connectivity index is 1.26. The van der Waals surface area contributed by atoms with E-state index in [9.17, 15) is 4.79 Å². The van der Waals surface area contributed by atoms with Gasteiger partial charge in [-0.3, -0.25) is 9.69 Å². The summed E-state index contributed by atoms with van der Waals surface area (Å²) in [7, 11) is 3.70. The summed E-state index contributed by atoms with van der Waals surface area (Å²) in [5.41, 5.74) is 4.66. The number of ether oxygens (including phenoxy) is 2. The molecule has 2 aromatic heterocycles. The van der Waals surface area contributed by atoms with Crippen LogP contribution in [0.5, 0.6) is 5.75 Å². The molecule has 0 amide bonds. The number of nitrogens with zero attached hydrogens (tertiary/aromatic N) is 4. The van der Waals surface area contributed by atoms with Gasteiger partial charge < -0.3 is 14.0 Å². The fourth-order valence-electron chi connectivity index (χ4n) is 4.17. The van der Waals surface area contributed by atoms with Gasteiger partial charge in [0, 0.05) is 23.0 Å². The first kappa shape index (κ1) is 22.8. The standard InChI is InChI=1S/C25H25ClN4O3S/c1-15-22(34-25(27-15)18-6-5-17(26)11-21(18)32-3)12-24(31)33-14-16-4-7-20-19(10-16)28-23-13-29(2)8-9-30(20)23/h4-7,10-11H,8-9,12-14H2,1-3H3. The summed E-state index contributed by atoms with van der Waals surface area (Å²) in [6.45, 7) is 4.91. The first-order valence-corrected chi connectivity index (χ1v) is 12.2. The van der Waals surface area contributed by atoms with Gasteiger partial charge in [-0.2, -0.15) is 0 Å². The van der Waals surface area contributed by atoms with Gasteiger partial charge in [-0.05, 0) is 49.9 Å². The lowest BCUT2D eigenvalue weighted by Crippen LogP contribution is -2.30. The van der Waals surface area contributed by atoms with E-state index in [2.05, 4.69) is 27.6 Å². The summed E-state index contributed by atoms with van der Waals surface area (Å²) >= 11 is 7.54. The first-order chi connectivity index (χ1) is 16.4. The van der Waals surface area contributed by atoms with Crippen LogP contribution in [0.15, 0.2) is 36.4 Å². The number of methoxy groups -OCH3 is 1. The zero-order valence-electron chi connectivity index (χ0n) is 19.3. The van der Waals surface area contributed by atoms with Crippen molar-refractivity contribution in [1.82, 2.24) is 19.4 Å². The van der Waals surface area contributed by atoms with Gasteiger partial charge in [-0.25, -0.2) is 9.97 Å². The van der Waals surface area contributed by atoms with E-state index in [1.54, 1.807) is 19.2 Å². The minimum atomic E-state index is -0.285. The third-order valence-electron chi connectivity index (χ3n) is 6.00. The molecule has 2 aromatic carbocycles. The molecule has 7 nitrogen and oxygen atoms in total. The highest BCUT2D eigenvalue weighted by Crippen LogP contribution is 2.36. The molecule has 0 bridgehead atoms. The number of halogens is 1. The number of carbonyl (C=O) groups excluding carboxylic acids is 1. The Morgan fingerprint density at radius 2 is 2.03 bits per heavy atom. The van der Waals surface area contributed by atoms with Crippen molar-refractivity contribution in [3.8, 4) is 16.3 Å².